The van der Waals surface area contributed by atoms with Crippen molar-refractivity contribution in [2.45, 2.75) is 25.7 Å². The van der Waals surface area contributed by atoms with Crippen LogP contribution < -0.4 is 4.74 Å². The van der Waals surface area contributed by atoms with Crippen LogP contribution >= 0.6 is 11.6 Å². The molecular weight excluding hydrogens is 276 g/mol. The Hall–Kier alpha value is -1.81. The number of hydrogen-bond donors (Lipinski definition) is 0. The van der Waals surface area contributed by atoms with Gasteiger partial charge in [0, 0.05) is 11.2 Å². The van der Waals surface area contributed by atoms with E-state index in [9.17, 15) is 4.79 Å². The van der Waals surface area contributed by atoms with Crippen LogP contribution in [0.15, 0.2) is 30.5 Å². The smallest absolute Gasteiger partial charge is 0.284 e. The number of ether oxygens (including phenoxy) is 1. The van der Waals surface area contributed by atoms with Crippen molar-refractivity contribution in [3.63, 3.8) is 0 Å². The first-order chi connectivity index (χ1) is 9.72. The molecule has 104 valence electrons. The molecule has 1 aromatic carbocycles. The molecule has 0 aliphatic heterocycles. The Morgan fingerprint density at radius 3 is 2.75 bits per heavy atom. The molecule has 1 aliphatic carbocycles. The van der Waals surface area contributed by atoms with Crippen molar-refractivity contribution in [3.05, 3.63) is 46.7 Å². The van der Waals surface area contributed by atoms with E-state index in [1.54, 1.807) is 24.3 Å². The highest BCUT2D eigenvalue weighted by Gasteiger charge is 2.16. The van der Waals surface area contributed by atoms with Crippen molar-refractivity contribution >= 4 is 17.5 Å². The van der Waals surface area contributed by atoms with Crippen LogP contribution in [0.5, 0.6) is 5.75 Å². The van der Waals surface area contributed by atoms with Gasteiger partial charge >= 0.3 is 0 Å². The second-order valence-electron chi connectivity index (χ2n) is 4.89. The summed E-state index contributed by atoms with van der Waals surface area (Å²) in [5.41, 5.74) is 2.24. The number of carbonyl (C=O) groups is 1. The molecular formula is C15H15ClN2O2. The van der Waals surface area contributed by atoms with Crippen LogP contribution in [-0.2, 0) is 12.8 Å². The monoisotopic (exact) mass is 290 g/mol. The normalized spacial score (nSPS) is 13.8. The van der Waals surface area contributed by atoms with Gasteiger partial charge in [-0.05, 0) is 55.5 Å². The van der Waals surface area contributed by atoms with Crippen LogP contribution in [0.25, 0.3) is 0 Å². The maximum absolute atomic E-state index is 12.1. The fraction of sp³-hybridized carbons (Fsp3) is 0.333. The molecule has 2 aromatic rings. The van der Waals surface area contributed by atoms with Crippen LogP contribution in [0, 0.1) is 0 Å². The summed E-state index contributed by atoms with van der Waals surface area (Å²) in [6.07, 6.45) is 6.14. The van der Waals surface area contributed by atoms with Gasteiger partial charge in [-0.3, -0.25) is 4.79 Å². The van der Waals surface area contributed by atoms with E-state index in [1.807, 2.05) is 6.20 Å². The van der Waals surface area contributed by atoms with E-state index in [-0.39, 0.29) is 12.5 Å². The number of hydrogen-bond acceptors (Lipinski definition) is 3. The zero-order valence-corrected chi connectivity index (χ0v) is 11.8. The Kier molecular flexibility index (Phi) is 3.74. The first-order valence-electron chi connectivity index (χ1n) is 6.71. The molecule has 0 saturated heterocycles. The van der Waals surface area contributed by atoms with Crippen molar-refractivity contribution in [2.24, 2.45) is 0 Å². The molecule has 3 rings (SSSR count). The zero-order chi connectivity index (χ0) is 13.9. The summed E-state index contributed by atoms with van der Waals surface area (Å²) in [5.74, 6) is 0.467. The van der Waals surface area contributed by atoms with E-state index in [0.29, 0.717) is 10.8 Å². The molecule has 1 aliphatic rings. The number of nitrogens with zero attached hydrogens (tertiary/aromatic N) is 2. The highest BCUT2D eigenvalue weighted by atomic mass is 35.5. The summed E-state index contributed by atoms with van der Waals surface area (Å²) < 4.78 is 6.85. The van der Waals surface area contributed by atoms with E-state index in [0.717, 1.165) is 25.0 Å². The van der Waals surface area contributed by atoms with Crippen molar-refractivity contribution in [1.29, 1.82) is 0 Å². The Morgan fingerprint density at radius 2 is 2.00 bits per heavy atom. The summed E-state index contributed by atoms with van der Waals surface area (Å²) in [6, 6.07) is 6.94. The van der Waals surface area contributed by atoms with Gasteiger partial charge in [0.1, 0.15) is 5.75 Å². The van der Waals surface area contributed by atoms with Gasteiger partial charge in [0.15, 0.2) is 6.61 Å². The minimum atomic E-state index is -0.158. The third-order valence-electron chi connectivity index (χ3n) is 3.42. The Bertz CT molecular complexity index is 596. The standard InChI is InChI=1S/C15H15ClN2O2/c16-12-5-7-13(8-6-12)20-10-15(19)18-9-11-3-1-2-4-14(11)17-18/h5-9H,1-4,10H2. The molecule has 5 heteroatoms. The topological polar surface area (TPSA) is 44.1 Å². The average molecular weight is 291 g/mol. The van der Waals surface area contributed by atoms with Gasteiger partial charge in [-0.1, -0.05) is 11.6 Å². The highest BCUT2D eigenvalue weighted by molar-refractivity contribution is 6.30. The fourth-order valence-electron chi connectivity index (χ4n) is 2.34. The molecule has 20 heavy (non-hydrogen) atoms. The van der Waals surface area contributed by atoms with E-state index < -0.39 is 0 Å². The van der Waals surface area contributed by atoms with Crippen molar-refractivity contribution in [1.82, 2.24) is 9.78 Å². The zero-order valence-electron chi connectivity index (χ0n) is 11.0. The third-order valence-corrected chi connectivity index (χ3v) is 3.67. The van der Waals surface area contributed by atoms with E-state index in [1.165, 1.54) is 16.7 Å². The molecule has 1 aromatic heterocycles. The lowest BCUT2D eigenvalue weighted by Gasteiger charge is -2.06. The van der Waals surface area contributed by atoms with E-state index in [2.05, 4.69) is 5.10 Å². The Morgan fingerprint density at radius 1 is 1.25 bits per heavy atom. The van der Waals surface area contributed by atoms with Crippen molar-refractivity contribution in [3.8, 4) is 5.75 Å². The molecule has 0 radical (unpaired) electrons. The molecule has 0 N–H and O–H groups in total. The maximum atomic E-state index is 12.1. The Labute approximate surface area is 122 Å². The SMILES string of the molecule is O=C(COc1ccc(Cl)cc1)n1cc2c(n1)CCCC2. The molecule has 0 unspecified atom stereocenters. The van der Waals surface area contributed by atoms with E-state index >= 15 is 0 Å². The number of fused-ring (bicyclic) bond motifs is 1. The minimum absolute atomic E-state index is 0.0256. The minimum Gasteiger partial charge on any atom is -0.484 e. The number of benzene rings is 1. The predicted molar refractivity (Wildman–Crippen MR) is 76.4 cm³/mol. The Balaban J connectivity index is 1.64. The molecule has 0 saturated carbocycles. The molecule has 0 atom stereocenters. The van der Waals surface area contributed by atoms with Crippen LogP contribution in [-0.4, -0.2) is 22.3 Å². The lowest BCUT2D eigenvalue weighted by Crippen LogP contribution is -2.19. The number of halogens is 1. The quantitative estimate of drug-likeness (QED) is 0.872. The van der Waals surface area contributed by atoms with Gasteiger partial charge in [0.2, 0.25) is 0 Å². The van der Waals surface area contributed by atoms with Gasteiger partial charge in [0.25, 0.3) is 5.91 Å². The second kappa shape index (κ2) is 5.67. The summed E-state index contributed by atoms with van der Waals surface area (Å²) in [5, 5.41) is 4.99. The maximum Gasteiger partial charge on any atom is 0.284 e. The molecule has 0 bridgehead atoms. The van der Waals surface area contributed by atoms with Gasteiger partial charge in [-0.25, -0.2) is 4.68 Å². The molecule has 0 spiro atoms. The van der Waals surface area contributed by atoms with Gasteiger partial charge in [-0.15, -0.1) is 0 Å². The summed E-state index contributed by atoms with van der Waals surface area (Å²) in [4.78, 5) is 12.1. The largest absolute Gasteiger partial charge is 0.484 e. The number of aromatic nitrogens is 2. The van der Waals surface area contributed by atoms with Gasteiger partial charge in [-0.2, -0.15) is 5.10 Å². The average Bonchev–Trinajstić information content (AvgIpc) is 2.90. The second-order valence-corrected chi connectivity index (χ2v) is 5.33. The molecule has 1 heterocycles. The third kappa shape index (κ3) is 2.85. The number of rotatable bonds is 3. The van der Waals surface area contributed by atoms with Crippen LogP contribution in [0.3, 0.4) is 0 Å². The number of carbonyl (C=O) groups excluding carboxylic acids is 1. The summed E-state index contributed by atoms with van der Waals surface area (Å²) in [7, 11) is 0. The molecule has 0 amide bonds. The summed E-state index contributed by atoms with van der Waals surface area (Å²) >= 11 is 5.79. The van der Waals surface area contributed by atoms with Crippen molar-refractivity contribution < 1.29 is 9.53 Å². The van der Waals surface area contributed by atoms with Gasteiger partial charge < -0.3 is 4.74 Å². The molecule has 0 fully saturated rings. The lowest BCUT2D eigenvalue weighted by atomic mass is 9.99. The van der Waals surface area contributed by atoms with Crippen LogP contribution in [0.4, 0.5) is 0 Å². The number of aryl methyl sites for hydroxylation is 2. The van der Waals surface area contributed by atoms with Gasteiger partial charge in [0.05, 0.1) is 5.69 Å². The summed E-state index contributed by atoms with van der Waals surface area (Å²) in [6.45, 7) is -0.0256. The first kappa shape index (κ1) is 13.2. The van der Waals surface area contributed by atoms with Crippen molar-refractivity contribution in [2.75, 3.05) is 6.61 Å². The fourth-order valence-corrected chi connectivity index (χ4v) is 2.47. The first-order valence-corrected chi connectivity index (χ1v) is 7.09. The van der Waals surface area contributed by atoms with Crippen LogP contribution in [0.1, 0.15) is 28.9 Å². The lowest BCUT2D eigenvalue weighted by molar-refractivity contribution is 0.0820. The van der Waals surface area contributed by atoms with Crippen LogP contribution in [0.2, 0.25) is 5.02 Å². The van der Waals surface area contributed by atoms with E-state index in [4.69, 9.17) is 16.3 Å². The predicted octanol–water partition coefficient (Wildman–Crippen LogP) is 3.13. The molecule has 4 nitrogen and oxygen atoms in total. The highest BCUT2D eigenvalue weighted by Crippen LogP contribution is 2.19.